The van der Waals surface area contributed by atoms with E-state index >= 15 is 0 Å². The van der Waals surface area contributed by atoms with Gasteiger partial charge in [-0.1, -0.05) is 29.8 Å². The van der Waals surface area contributed by atoms with Gasteiger partial charge in [-0.3, -0.25) is 4.79 Å². The molecular formula is C19H16ClF3N4OS. The minimum absolute atomic E-state index is 0.0601. The third-order valence-corrected chi connectivity index (χ3v) is 5.83. The molecule has 2 N–H and O–H groups in total. The number of carbonyl (C=O) groups excluding carboxylic acids is 1. The largest absolute Gasteiger partial charge is 0.410 e. The van der Waals surface area contributed by atoms with Crippen molar-refractivity contribution in [2.45, 2.75) is 31.2 Å². The third kappa shape index (κ3) is 4.25. The van der Waals surface area contributed by atoms with Crippen LogP contribution in [0.2, 0.25) is 5.02 Å². The fourth-order valence-corrected chi connectivity index (χ4v) is 4.04. The maximum absolute atomic E-state index is 13.7. The van der Waals surface area contributed by atoms with Crippen molar-refractivity contribution < 1.29 is 18.0 Å². The van der Waals surface area contributed by atoms with Crippen molar-refractivity contribution in [2.24, 2.45) is 0 Å². The lowest BCUT2D eigenvalue weighted by atomic mass is 9.97. The lowest BCUT2D eigenvalue weighted by Crippen LogP contribution is -2.35. The van der Waals surface area contributed by atoms with E-state index in [9.17, 15) is 18.0 Å². The maximum Gasteiger partial charge on any atom is 0.410 e. The summed E-state index contributed by atoms with van der Waals surface area (Å²) in [5, 5.41) is 12.1. The molecule has 3 aromatic rings. The van der Waals surface area contributed by atoms with Gasteiger partial charge in [0, 0.05) is 22.4 Å². The van der Waals surface area contributed by atoms with E-state index in [0.717, 1.165) is 9.56 Å². The minimum Gasteiger partial charge on any atom is -0.363 e. The Morgan fingerprint density at radius 3 is 2.72 bits per heavy atom. The number of amides is 1. The quantitative estimate of drug-likeness (QED) is 0.587. The van der Waals surface area contributed by atoms with Crippen LogP contribution in [0, 0.1) is 0 Å². The molecule has 1 aliphatic rings. The van der Waals surface area contributed by atoms with Gasteiger partial charge in [-0.15, -0.1) is 11.3 Å². The first-order chi connectivity index (χ1) is 13.8. The van der Waals surface area contributed by atoms with Gasteiger partial charge >= 0.3 is 6.18 Å². The molecular weight excluding hydrogens is 425 g/mol. The molecule has 1 aromatic carbocycles. The summed E-state index contributed by atoms with van der Waals surface area (Å²) >= 11 is 7.36. The fourth-order valence-electron chi connectivity index (χ4n) is 3.27. The number of hydrogen-bond acceptors (Lipinski definition) is 4. The molecule has 0 aliphatic carbocycles. The zero-order chi connectivity index (χ0) is 20.6. The highest BCUT2D eigenvalue weighted by Crippen LogP contribution is 2.43. The highest BCUT2D eigenvalue weighted by Gasteiger charge is 2.46. The number of hydrogen-bond donors (Lipinski definition) is 2. The van der Waals surface area contributed by atoms with Crippen molar-refractivity contribution in [1.82, 2.24) is 15.1 Å². The Labute approximate surface area is 173 Å². The van der Waals surface area contributed by atoms with Crippen molar-refractivity contribution in [3.63, 3.8) is 0 Å². The van der Waals surface area contributed by atoms with Crippen LogP contribution in [0.3, 0.4) is 0 Å². The second kappa shape index (κ2) is 7.72. The van der Waals surface area contributed by atoms with Gasteiger partial charge in [0.1, 0.15) is 5.82 Å². The van der Waals surface area contributed by atoms with Gasteiger partial charge < -0.3 is 10.6 Å². The predicted molar refractivity (Wildman–Crippen MR) is 105 cm³/mol. The van der Waals surface area contributed by atoms with E-state index < -0.39 is 24.2 Å². The van der Waals surface area contributed by atoms with Gasteiger partial charge in [0.2, 0.25) is 0 Å². The van der Waals surface area contributed by atoms with Gasteiger partial charge in [-0.25, -0.2) is 4.68 Å². The summed E-state index contributed by atoms with van der Waals surface area (Å²) in [7, 11) is 0. The molecule has 1 aliphatic heterocycles. The van der Waals surface area contributed by atoms with E-state index in [-0.39, 0.29) is 17.9 Å². The number of fused-ring (bicyclic) bond motifs is 1. The number of nitrogens with zero attached hydrogens (tertiary/aromatic N) is 2. The van der Waals surface area contributed by atoms with Crippen LogP contribution >= 0.6 is 22.9 Å². The zero-order valence-corrected chi connectivity index (χ0v) is 16.5. The van der Waals surface area contributed by atoms with E-state index in [0.29, 0.717) is 17.1 Å². The molecule has 4 rings (SSSR count). The topological polar surface area (TPSA) is 59.0 Å². The summed E-state index contributed by atoms with van der Waals surface area (Å²) in [6, 6.07) is 9.31. The number of nitrogens with one attached hydrogen (secondary N) is 2. The molecule has 0 radical (unpaired) electrons. The molecule has 2 aromatic heterocycles. The number of halogens is 4. The van der Waals surface area contributed by atoms with Crippen LogP contribution in [0.25, 0.3) is 0 Å². The van der Waals surface area contributed by atoms with Gasteiger partial charge in [-0.2, -0.15) is 18.3 Å². The van der Waals surface area contributed by atoms with Gasteiger partial charge in [0.05, 0.1) is 12.6 Å². The Balaban J connectivity index is 1.59. The van der Waals surface area contributed by atoms with E-state index in [4.69, 9.17) is 11.6 Å². The summed E-state index contributed by atoms with van der Waals surface area (Å²) in [6.07, 6.45) is -4.74. The SMILES string of the molecule is O=C(NCc1cccs1)c1cc2n(n1)[C@H](C(F)(F)F)C[C@@H](c1ccc(Cl)cc1)N2. The van der Waals surface area contributed by atoms with Crippen LogP contribution in [-0.4, -0.2) is 21.9 Å². The Bertz CT molecular complexity index is 1000. The molecule has 0 fully saturated rings. The number of anilines is 1. The maximum atomic E-state index is 13.7. The first-order valence-electron chi connectivity index (χ1n) is 8.80. The summed E-state index contributed by atoms with van der Waals surface area (Å²) in [5.74, 6) is -0.370. The number of thiophene rings is 1. The van der Waals surface area contributed by atoms with E-state index in [1.807, 2.05) is 17.5 Å². The Kier molecular flexibility index (Phi) is 5.26. The Morgan fingerprint density at radius 2 is 2.07 bits per heavy atom. The summed E-state index contributed by atoms with van der Waals surface area (Å²) in [4.78, 5) is 13.3. The molecule has 0 bridgehead atoms. The molecule has 0 saturated carbocycles. The van der Waals surface area contributed by atoms with Crippen molar-refractivity contribution >= 4 is 34.7 Å². The van der Waals surface area contributed by atoms with Crippen LogP contribution < -0.4 is 10.6 Å². The molecule has 0 unspecified atom stereocenters. The average molecular weight is 441 g/mol. The molecule has 2 atom stereocenters. The second-order valence-electron chi connectivity index (χ2n) is 6.66. The monoisotopic (exact) mass is 440 g/mol. The van der Waals surface area contributed by atoms with Crippen LogP contribution in [0.15, 0.2) is 47.8 Å². The van der Waals surface area contributed by atoms with E-state index in [2.05, 4.69) is 15.7 Å². The summed E-state index contributed by atoms with van der Waals surface area (Å²) in [6.45, 7) is 0.294. The molecule has 5 nitrogen and oxygen atoms in total. The molecule has 3 heterocycles. The highest BCUT2D eigenvalue weighted by atomic mass is 35.5. The predicted octanol–water partition coefficient (Wildman–Crippen LogP) is 5.19. The van der Waals surface area contributed by atoms with Gasteiger partial charge in [0.25, 0.3) is 5.91 Å². The molecule has 0 saturated heterocycles. The Hall–Kier alpha value is -2.52. The zero-order valence-electron chi connectivity index (χ0n) is 14.9. The third-order valence-electron chi connectivity index (χ3n) is 4.70. The first-order valence-corrected chi connectivity index (χ1v) is 10.1. The van der Waals surface area contributed by atoms with Crippen LogP contribution in [0.1, 0.15) is 39.4 Å². The average Bonchev–Trinajstić information content (AvgIpc) is 3.34. The number of benzene rings is 1. The van der Waals surface area contributed by atoms with Crippen molar-refractivity contribution in [1.29, 1.82) is 0 Å². The number of rotatable bonds is 4. The Morgan fingerprint density at radius 1 is 1.31 bits per heavy atom. The lowest BCUT2D eigenvalue weighted by molar-refractivity contribution is -0.173. The lowest BCUT2D eigenvalue weighted by Gasteiger charge is -2.33. The standard InChI is InChI=1S/C19H16ClF3N4OS/c20-12-5-3-11(4-6-12)14-8-16(19(21,22)23)27-17(25-14)9-15(26-27)18(28)24-10-13-2-1-7-29-13/h1-7,9,14,16,25H,8,10H2,(H,24,28)/t14-,16-/m0/s1. The van der Waals surface area contributed by atoms with E-state index in [1.54, 1.807) is 24.3 Å². The summed E-state index contributed by atoms with van der Waals surface area (Å²) < 4.78 is 42.0. The highest BCUT2D eigenvalue weighted by molar-refractivity contribution is 7.09. The number of aromatic nitrogens is 2. The van der Waals surface area contributed by atoms with Crippen molar-refractivity contribution in [2.75, 3.05) is 5.32 Å². The van der Waals surface area contributed by atoms with E-state index in [1.165, 1.54) is 17.4 Å². The minimum atomic E-state index is -4.50. The van der Waals surface area contributed by atoms with Crippen molar-refractivity contribution in [3.8, 4) is 0 Å². The van der Waals surface area contributed by atoms with Crippen molar-refractivity contribution in [3.05, 3.63) is 69.0 Å². The molecule has 10 heteroatoms. The molecule has 1 amide bonds. The van der Waals surface area contributed by atoms with Crippen LogP contribution in [0.5, 0.6) is 0 Å². The van der Waals surface area contributed by atoms with Crippen LogP contribution in [0.4, 0.5) is 19.0 Å². The summed E-state index contributed by atoms with van der Waals surface area (Å²) in [5.41, 5.74) is 0.620. The first kappa shape index (κ1) is 19.8. The number of alkyl halides is 3. The van der Waals surface area contributed by atoms with Crippen LogP contribution in [-0.2, 0) is 6.54 Å². The van der Waals surface area contributed by atoms with Gasteiger partial charge in [-0.05, 0) is 29.1 Å². The smallest absolute Gasteiger partial charge is 0.363 e. The normalized spacial score (nSPS) is 18.8. The molecule has 29 heavy (non-hydrogen) atoms. The second-order valence-corrected chi connectivity index (χ2v) is 8.13. The fraction of sp³-hybridized carbons (Fsp3) is 0.263. The number of carbonyl (C=O) groups is 1. The molecule has 152 valence electrons. The van der Waals surface area contributed by atoms with Gasteiger partial charge in [0.15, 0.2) is 11.7 Å². The molecule has 0 spiro atoms.